The van der Waals surface area contributed by atoms with Crippen LogP contribution in [0.15, 0.2) is 77.5 Å². The van der Waals surface area contributed by atoms with E-state index in [1.807, 2.05) is 24.3 Å². The third kappa shape index (κ3) is 4.77. The fraction of sp³-hybridized carbons (Fsp3) is 0.0500. The highest BCUT2D eigenvalue weighted by molar-refractivity contribution is 9.10. The number of nitrogens with one attached hydrogen (secondary N) is 2. The number of pyridine rings is 1. The van der Waals surface area contributed by atoms with Gasteiger partial charge in [0.1, 0.15) is 0 Å². The van der Waals surface area contributed by atoms with Gasteiger partial charge in [0.2, 0.25) is 5.91 Å². The molecule has 2 amide bonds. The van der Waals surface area contributed by atoms with Gasteiger partial charge in [-0.05, 0) is 42.0 Å². The molecule has 0 atom stereocenters. The molecule has 6 heteroatoms. The first-order valence-corrected chi connectivity index (χ1v) is 8.76. The van der Waals surface area contributed by atoms with Gasteiger partial charge in [0, 0.05) is 16.9 Å². The van der Waals surface area contributed by atoms with Gasteiger partial charge >= 0.3 is 0 Å². The van der Waals surface area contributed by atoms with Crippen molar-refractivity contribution in [2.75, 3.05) is 10.6 Å². The Bertz CT molecular complexity index is 912. The number of carbonyl (C=O) groups is 2. The average molecular weight is 410 g/mol. The van der Waals surface area contributed by atoms with Crippen molar-refractivity contribution < 1.29 is 9.59 Å². The smallest absolute Gasteiger partial charge is 0.257 e. The molecule has 0 aliphatic rings. The third-order valence-corrected chi connectivity index (χ3v) is 4.18. The summed E-state index contributed by atoms with van der Waals surface area (Å²) in [5.41, 5.74) is 2.43. The molecule has 26 heavy (non-hydrogen) atoms. The quantitative estimate of drug-likeness (QED) is 0.660. The number of nitrogens with zero attached hydrogens (tertiary/aromatic N) is 1. The molecule has 0 saturated carbocycles. The van der Waals surface area contributed by atoms with E-state index >= 15 is 0 Å². The van der Waals surface area contributed by atoms with E-state index in [2.05, 4.69) is 31.5 Å². The van der Waals surface area contributed by atoms with Crippen LogP contribution in [0, 0.1) is 0 Å². The molecule has 0 bridgehead atoms. The second-order valence-electron chi connectivity index (χ2n) is 5.59. The number of benzene rings is 2. The summed E-state index contributed by atoms with van der Waals surface area (Å²) in [6, 6.07) is 18.0. The first-order valence-electron chi connectivity index (χ1n) is 7.96. The number of rotatable bonds is 5. The molecule has 0 radical (unpaired) electrons. The SMILES string of the molecule is O=C(Cc1ccc(Br)cc1)Nc1ccccc1NC(=O)c1cccnc1. The summed E-state index contributed by atoms with van der Waals surface area (Å²) in [5, 5.41) is 5.65. The molecular weight excluding hydrogens is 394 g/mol. The summed E-state index contributed by atoms with van der Waals surface area (Å²) in [5.74, 6) is -0.442. The molecule has 130 valence electrons. The van der Waals surface area contributed by atoms with Gasteiger partial charge in [-0.15, -0.1) is 0 Å². The van der Waals surface area contributed by atoms with Crippen molar-refractivity contribution in [2.24, 2.45) is 0 Å². The standard InChI is InChI=1S/C20H16BrN3O2/c21-16-9-7-14(8-10-16)12-19(25)23-17-5-1-2-6-18(17)24-20(26)15-4-3-11-22-13-15/h1-11,13H,12H2,(H,23,25)(H,24,26). The van der Waals surface area contributed by atoms with Crippen molar-refractivity contribution in [3.8, 4) is 0 Å². The largest absolute Gasteiger partial charge is 0.324 e. The van der Waals surface area contributed by atoms with E-state index in [-0.39, 0.29) is 18.2 Å². The zero-order valence-corrected chi connectivity index (χ0v) is 15.4. The molecule has 0 saturated heterocycles. The van der Waals surface area contributed by atoms with Crippen LogP contribution in [0.5, 0.6) is 0 Å². The maximum atomic E-state index is 12.3. The third-order valence-electron chi connectivity index (χ3n) is 3.65. The number of aromatic nitrogens is 1. The average Bonchev–Trinajstić information content (AvgIpc) is 2.66. The zero-order valence-electron chi connectivity index (χ0n) is 13.8. The molecule has 0 aliphatic heterocycles. The molecule has 0 unspecified atom stereocenters. The number of hydrogen-bond acceptors (Lipinski definition) is 3. The van der Waals surface area contributed by atoms with Crippen LogP contribution < -0.4 is 10.6 Å². The first-order chi connectivity index (χ1) is 12.6. The van der Waals surface area contributed by atoms with Crippen LogP contribution in [-0.2, 0) is 11.2 Å². The minimum absolute atomic E-state index is 0.157. The van der Waals surface area contributed by atoms with Gasteiger partial charge in [0.15, 0.2) is 0 Å². The van der Waals surface area contributed by atoms with E-state index in [1.165, 1.54) is 6.20 Å². The lowest BCUT2D eigenvalue weighted by Crippen LogP contribution is -2.18. The first kappa shape index (κ1) is 17.8. The minimum Gasteiger partial charge on any atom is -0.324 e. The Kier molecular flexibility index (Phi) is 5.76. The maximum Gasteiger partial charge on any atom is 0.257 e. The Morgan fingerprint density at radius 3 is 2.23 bits per heavy atom. The molecule has 1 aromatic heterocycles. The fourth-order valence-corrected chi connectivity index (χ4v) is 2.64. The van der Waals surface area contributed by atoms with Crippen molar-refractivity contribution in [3.05, 3.63) is 88.7 Å². The molecule has 2 aromatic carbocycles. The second kappa shape index (κ2) is 8.40. The van der Waals surface area contributed by atoms with Gasteiger partial charge in [-0.3, -0.25) is 14.6 Å². The monoisotopic (exact) mass is 409 g/mol. The maximum absolute atomic E-state index is 12.3. The number of para-hydroxylation sites is 2. The topological polar surface area (TPSA) is 71.1 Å². The minimum atomic E-state index is -0.285. The van der Waals surface area contributed by atoms with Crippen molar-refractivity contribution in [3.63, 3.8) is 0 Å². The van der Waals surface area contributed by atoms with Crippen molar-refractivity contribution >= 4 is 39.1 Å². The predicted molar refractivity (Wildman–Crippen MR) is 105 cm³/mol. The van der Waals surface area contributed by atoms with Crippen LogP contribution in [0.25, 0.3) is 0 Å². The van der Waals surface area contributed by atoms with Gasteiger partial charge in [-0.1, -0.05) is 40.2 Å². The van der Waals surface area contributed by atoms with E-state index in [1.54, 1.807) is 42.6 Å². The Hall–Kier alpha value is -2.99. The van der Waals surface area contributed by atoms with Gasteiger partial charge in [-0.2, -0.15) is 0 Å². The van der Waals surface area contributed by atoms with Gasteiger partial charge in [0.25, 0.3) is 5.91 Å². The van der Waals surface area contributed by atoms with E-state index in [0.717, 1.165) is 10.0 Å². The van der Waals surface area contributed by atoms with E-state index in [0.29, 0.717) is 16.9 Å². The highest BCUT2D eigenvalue weighted by Crippen LogP contribution is 2.22. The molecule has 0 spiro atoms. The fourth-order valence-electron chi connectivity index (χ4n) is 2.37. The lowest BCUT2D eigenvalue weighted by atomic mass is 10.1. The predicted octanol–water partition coefficient (Wildman–Crippen LogP) is 4.28. The number of hydrogen-bond donors (Lipinski definition) is 2. The van der Waals surface area contributed by atoms with Crippen molar-refractivity contribution in [1.29, 1.82) is 0 Å². The summed E-state index contributed by atoms with van der Waals surface area (Å²) >= 11 is 3.37. The lowest BCUT2D eigenvalue weighted by Gasteiger charge is -2.12. The highest BCUT2D eigenvalue weighted by Gasteiger charge is 2.11. The molecule has 1 heterocycles. The van der Waals surface area contributed by atoms with Crippen LogP contribution in [0.3, 0.4) is 0 Å². The van der Waals surface area contributed by atoms with Crippen LogP contribution in [0.1, 0.15) is 15.9 Å². The van der Waals surface area contributed by atoms with Crippen LogP contribution in [0.4, 0.5) is 11.4 Å². The number of halogens is 1. The highest BCUT2D eigenvalue weighted by atomic mass is 79.9. The molecule has 5 nitrogen and oxygen atoms in total. The molecule has 0 fully saturated rings. The number of amides is 2. The van der Waals surface area contributed by atoms with Crippen molar-refractivity contribution in [2.45, 2.75) is 6.42 Å². The molecule has 2 N–H and O–H groups in total. The number of anilines is 2. The lowest BCUT2D eigenvalue weighted by molar-refractivity contribution is -0.115. The molecule has 0 aliphatic carbocycles. The normalized spacial score (nSPS) is 10.2. The zero-order chi connectivity index (χ0) is 18.4. The summed E-state index contributed by atoms with van der Waals surface area (Å²) < 4.78 is 0.963. The summed E-state index contributed by atoms with van der Waals surface area (Å²) in [6.07, 6.45) is 3.34. The Morgan fingerprint density at radius 1 is 0.885 bits per heavy atom. The van der Waals surface area contributed by atoms with Crippen molar-refractivity contribution in [1.82, 2.24) is 4.98 Å². The Morgan fingerprint density at radius 2 is 1.58 bits per heavy atom. The van der Waals surface area contributed by atoms with Crippen LogP contribution in [-0.4, -0.2) is 16.8 Å². The molecular formula is C20H16BrN3O2. The van der Waals surface area contributed by atoms with Gasteiger partial charge in [-0.25, -0.2) is 0 Å². The Balaban J connectivity index is 1.69. The molecule has 3 rings (SSSR count). The molecule has 3 aromatic rings. The van der Waals surface area contributed by atoms with E-state index in [4.69, 9.17) is 0 Å². The number of carbonyl (C=O) groups excluding carboxylic acids is 2. The van der Waals surface area contributed by atoms with E-state index in [9.17, 15) is 9.59 Å². The van der Waals surface area contributed by atoms with Crippen LogP contribution in [0.2, 0.25) is 0 Å². The van der Waals surface area contributed by atoms with Gasteiger partial charge < -0.3 is 10.6 Å². The second-order valence-corrected chi connectivity index (χ2v) is 6.51. The van der Waals surface area contributed by atoms with Gasteiger partial charge in [0.05, 0.1) is 23.4 Å². The Labute approximate surface area is 159 Å². The summed E-state index contributed by atoms with van der Waals surface area (Å²) in [4.78, 5) is 28.6. The summed E-state index contributed by atoms with van der Waals surface area (Å²) in [7, 11) is 0. The summed E-state index contributed by atoms with van der Waals surface area (Å²) in [6.45, 7) is 0. The van der Waals surface area contributed by atoms with Crippen LogP contribution >= 0.6 is 15.9 Å². The van der Waals surface area contributed by atoms with E-state index < -0.39 is 0 Å².